The fourth-order valence-electron chi connectivity index (χ4n) is 5.69. The molecule has 3 aliphatic heterocycles. The van der Waals surface area contributed by atoms with Crippen LogP contribution in [0.25, 0.3) is 16.6 Å². The van der Waals surface area contributed by atoms with Crippen LogP contribution in [0.3, 0.4) is 0 Å². The van der Waals surface area contributed by atoms with E-state index in [0.29, 0.717) is 11.7 Å². The van der Waals surface area contributed by atoms with Crippen molar-refractivity contribution in [3.63, 3.8) is 0 Å². The highest BCUT2D eigenvalue weighted by Gasteiger charge is 2.51. The van der Waals surface area contributed by atoms with E-state index in [1.54, 1.807) is 5.48 Å². The van der Waals surface area contributed by atoms with Crippen molar-refractivity contribution < 1.29 is 14.7 Å². The van der Waals surface area contributed by atoms with Gasteiger partial charge in [-0.3, -0.25) is 4.90 Å². The van der Waals surface area contributed by atoms with E-state index in [2.05, 4.69) is 40.7 Å². The number of benzene rings is 1. The van der Waals surface area contributed by atoms with Gasteiger partial charge in [0.15, 0.2) is 0 Å². The van der Waals surface area contributed by atoms with Gasteiger partial charge in [0, 0.05) is 23.0 Å². The van der Waals surface area contributed by atoms with E-state index >= 15 is 0 Å². The quantitative estimate of drug-likeness (QED) is 0.492. The summed E-state index contributed by atoms with van der Waals surface area (Å²) in [6.07, 6.45) is 6.43. The summed E-state index contributed by atoms with van der Waals surface area (Å²) in [5.74, 6) is -0.340. The van der Waals surface area contributed by atoms with Crippen molar-refractivity contribution in [2.24, 2.45) is 5.41 Å². The summed E-state index contributed by atoms with van der Waals surface area (Å²) in [7, 11) is 0. The number of fused-ring (bicyclic) bond motifs is 3. The molecule has 5 rings (SSSR count). The van der Waals surface area contributed by atoms with Crippen LogP contribution < -0.4 is 5.48 Å². The van der Waals surface area contributed by atoms with Crippen molar-refractivity contribution in [3.05, 3.63) is 41.6 Å². The largest absolute Gasteiger partial charge is 0.460 e. The van der Waals surface area contributed by atoms with Gasteiger partial charge in [0.1, 0.15) is 12.3 Å². The number of aromatic nitrogens is 1. The summed E-state index contributed by atoms with van der Waals surface area (Å²) in [5.41, 5.74) is 6.12. The molecule has 1 aromatic heterocycles. The number of nitrogens with one attached hydrogen (secondary N) is 1. The van der Waals surface area contributed by atoms with Crippen LogP contribution in [0.1, 0.15) is 43.5 Å². The van der Waals surface area contributed by atoms with Crippen LogP contribution in [0.15, 0.2) is 30.3 Å². The molecule has 4 heterocycles. The van der Waals surface area contributed by atoms with Gasteiger partial charge in [-0.1, -0.05) is 25.1 Å². The molecule has 0 bridgehead atoms. The molecule has 2 atom stereocenters. The first kappa shape index (κ1) is 17.9. The Hall–Kier alpha value is -2.15. The van der Waals surface area contributed by atoms with E-state index in [0.717, 1.165) is 44.3 Å². The van der Waals surface area contributed by atoms with Gasteiger partial charge in [-0.25, -0.2) is 4.79 Å². The van der Waals surface area contributed by atoms with Crippen molar-refractivity contribution in [2.75, 3.05) is 26.2 Å². The van der Waals surface area contributed by atoms with Gasteiger partial charge in [0.2, 0.25) is 0 Å². The number of carbonyl (C=O) groups is 1. The third-order valence-corrected chi connectivity index (χ3v) is 6.90. The number of esters is 1. The number of rotatable bonds is 5. The minimum atomic E-state index is -0.340. The van der Waals surface area contributed by atoms with E-state index in [1.165, 1.54) is 16.6 Å². The molecule has 1 unspecified atom stereocenters. The molecule has 1 radical (unpaired) electrons. The smallest absolute Gasteiger partial charge is 0.355 e. The third kappa shape index (κ3) is 2.41. The van der Waals surface area contributed by atoms with Crippen LogP contribution in [0.4, 0.5) is 0 Å². The fraction of sp³-hybridized carbons (Fsp3) is 0.500. The van der Waals surface area contributed by atoms with Gasteiger partial charge in [0.25, 0.3) is 0 Å². The molecule has 0 spiro atoms. The van der Waals surface area contributed by atoms with E-state index in [1.807, 2.05) is 6.07 Å². The Morgan fingerprint density at radius 1 is 1.32 bits per heavy atom. The molecule has 6 heteroatoms. The summed E-state index contributed by atoms with van der Waals surface area (Å²) in [6, 6.07) is 8.70. The van der Waals surface area contributed by atoms with Gasteiger partial charge < -0.3 is 9.30 Å². The molecule has 0 aliphatic carbocycles. The minimum Gasteiger partial charge on any atom is -0.460 e. The molecule has 3 aliphatic rings. The average molecular weight is 380 g/mol. The molecule has 0 amide bonds. The average Bonchev–Trinajstić information content (AvgIpc) is 3.07. The van der Waals surface area contributed by atoms with E-state index in [4.69, 9.17) is 4.74 Å². The van der Waals surface area contributed by atoms with Crippen LogP contribution in [-0.4, -0.2) is 41.7 Å². The number of hydrogen-bond donors (Lipinski definition) is 1. The van der Waals surface area contributed by atoms with Crippen LogP contribution in [0.5, 0.6) is 0 Å². The predicted molar refractivity (Wildman–Crippen MR) is 106 cm³/mol. The molecule has 6 nitrogen and oxygen atoms in total. The number of nitrogens with zero attached hydrogens (tertiary/aromatic N) is 2. The first-order valence-electron chi connectivity index (χ1n) is 10.3. The predicted octanol–water partition coefficient (Wildman–Crippen LogP) is 3.06. The van der Waals surface area contributed by atoms with Crippen molar-refractivity contribution in [3.8, 4) is 0 Å². The fourth-order valence-corrected chi connectivity index (χ4v) is 5.69. The van der Waals surface area contributed by atoms with Crippen molar-refractivity contribution in [1.29, 1.82) is 0 Å². The lowest BCUT2D eigenvalue weighted by Gasteiger charge is -2.53. The second kappa shape index (κ2) is 6.72. The van der Waals surface area contributed by atoms with Crippen LogP contribution in [-0.2, 0) is 21.2 Å². The number of piperidine rings is 1. The van der Waals surface area contributed by atoms with Crippen LogP contribution >= 0.6 is 0 Å². The Morgan fingerprint density at radius 2 is 2.18 bits per heavy atom. The van der Waals surface area contributed by atoms with Gasteiger partial charge in [-0.15, -0.1) is 5.21 Å². The SMILES string of the molecule is CC[C@@]12C=C(C(=O)OCCN[O])n3c4c(c5ccccc53)CCN(CCC1)C42. The highest BCUT2D eigenvalue weighted by molar-refractivity contribution is 6.13. The van der Waals surface area contributed by atoms with Crippen molar-refractivity contribution >= 4 is 22.6 Å². The third-order valence-electron chi connectivity index (χ3n) is 6.90. The van der Waals surface area contributed by atoms with Crippen LogP contribution in [0.2, 0.25) is 0 Å². The zero-order valence-corrected chi connectivity index (χ0v) is 16.2. The zero-order valence-electron chi connectivity index (χ0n) is 16.2. The van der Waals surface area contributed by atoms with Crippen molar-refractivity contribution in [1.82, 2.24) is 14.9 Å². The number of para-hydroxylation sites is 1. The highest BCUT2D eigenvalue weighted by atomic mass is 16.5. The molecule has 1 N–H and O–H groups in total. The van der Waals surface area contributed by atoms with Gasteiger partial charge >= 0.3 is 5.97 Å². The summed E-state index contributed by atoms with van der Waals surface area (Å²) in [4.78, 5) is 15.7. The second-order valence-corrected chi connectivity index (χ2v) is 8.15. The maximum atomic E-state index is 13.1. The summed E-state index contributed by atoms with van der Waals surface area (Å²) in [5, 5.41) is 11.8. The lowest BCUT2D eigenvalue weighted by atomic mass is 9.66. The van der Waals surface area contributed by atoms with E-state index in [-0.39, 0.29) is 24.5 Å². The summed E-state index contributed by atoms with van der Waals surface area (Å²) >= 11 is 0. The van der Waals surface area contributed by atoms with Gasteiger partial charge in [-0.05, 0) is 49.9 Å². The standard InChI is InChI=1S/C22H26N3O3/c1-2-22-9-5-11-24-12-8-16-15-6-3-4-7-17(15)25(19(16)20(22)24)18(14-22)21(26)28-13-10-23-27/h3-4,6-7,14,20,23H,2,5,8-13H2,1H3/t20?,22-/m0/s1. The molecule has 1 aromatic carbocycles. The number of ether oxygens (including phenoxy) is 1. The van der Waals surface area contributed by atoms with Crippen molar-refractivity contribution in [2.45, 2.75) is 38.6 Å². The first-order chi connectivity index (χ1) is 13.7. The Bertz CT molecular complexity index is 963. The van der Waals surface area contributed by atoms with Crippen LogP contribution in [0, 0.1) is 5.41 Å². The molecule has 1 fully saturated rings. The molecule has 147 valence electrons. The molecule has 0 saturated carbocycles. The monoisotopic (exact) mass is 380 g/mol. The maximum absolute atomic E-state index is 13.1. The Kier molecular flexibility index (Phi) is 4.30. The molecular formula is C22H26N3O3. The lowest BCUT2D eigenvalue weighted by molar-refractivity contribution is -0.137. The number of hydroxylamine groups is 1. The second-order valence-electron chi connectivity index (χ2n) is 8.15. The number of hydrogen-bond acceptors (Lipinski definition) is 4. The zero-order chi connectivity index (χ0) is 19.3. The maximum Gasteiger partial charge on any atom is 0.355 e. The highest BCUT2D eigenvalue weighted by Crippen LogP contribution is 2.57. The molecular weight excluding hydrogens is 354 g/mol. The first-order valence-corrected chi connectivity index (χ1v) is 10.3. The number of carbonyl (C=O) groups excluding carboxylic acids is 1. The molecule has 2 aromatic rings. The molecule has 1 saturated heterocycles. The summed E-state index contributed by atoms with van der Waals surface area (Å²) in [6.45, 7) is 4.62. The van der Waals surface area contributed by atoms with Gasteiger partial charge in [-0.2, -0.15) is 5.48 Å². The van der Waals surface area contributed by atoms with Gasteiger partial charge in [0.05, 0.1) is 18.1 Å². The van der Waals surface area contributed by atoms with E-state index < -0.39 is 0 Å². The summed E-state index contributed by atoms with van der Waals surface area (Å²) < 4.78 is 7.59. The molecule has 28 heavy (non-hydrogen) atoms. The Labute approximate surface area is 164 Å². The lowest BCUT2D eigenvalue weighted by Crippen LogP contribution is -2.51. The normalized spacial score (nSPS) is 26.1. The topological polar surface area (TPSA) is 66.4 Å². The Balaban J connectivity index is 1.73. The Morgan fingerprint density at radius 3 is 3.00 bits per heavy atom. The minimum absolute atomic E-state index is 0.0388. The van der Waals surface area contributed by atoms with E-state index in [9.17, 15) is 10.0 Å².